The van der Waals surface area contributed by atoms with E-state index in [-0.39, 0.29) is 5.97 Å². The molecule has 0 spiro atoms. The van der Waals surface area contributed by atoms with E-state index in [4.69, 9.17) is 0 Å². The zero-order chi connectivity index (χ0) is 10.7. The molecular formula is C12H16O2. The second-order valence-corrected chi connectivity index (χ2v) is 3.72. The molecule has 1 rings (SSSR count). The number of carbonyl (C=O) groups excluding carboxylic acids is 1. The molecule has 0 aliphatic rings. The van der Waals surface area contributed by atoms with E-state index in [1.54, 1.807) is 0 Å². The third kappa shape index (κ3) is 2.13. The lowest BCUT2D eigenvalue weighted by molar-refractivity contribution is 0.0600. The zero-order valence-electron chi connectivity index (χ0n) is 9.13. The molecule has 14 heavy (non-hydrogen) atoms. The highest BCUT2D eigenvalue weighted by Gasteiger charge is 2.09. The van der Waals surface area contributed by atoms with Gasteiger partial charge in [0.15, 0.2) is 0 Å². The van der Waals surface area contributed by atoms with Crippen LogP contribution >= 0.6 is 0 Å². The first-order chi connectivity index (χ1) is 6.56. The van der Waals surface area contributed by atoms with Gasteiger partial charge in [-0.15, -0.1) is 0 Å². The Balaban J connectivity index is 3.07. The van der Waals surface area contributed by atoms with Gasteiger partial charge in [0.2, 0.25) is 0 Å². The fourth-order valence-electron chi connectivity index (χ4n) is 1.38. The lowest BCUT2D eigenvalue weighted by atomic mass is 9.98. The van der Waals surface area contributed by atoms with Crippen molar-refractivity contribution in [1.82, 2.24) is 0 Å². The van der Waals surface area contributed by atoms with Gasteiger partial charge in [0.05, 0.1) is 12.7 Å². The van der Waals surface area contributed by atoms with Crippen LogP contribution in [-0.4, -0.2) is 13.1 Å². The molecule has 0 aliphatic carbocycles. The molecule has 0 radical (unpaired) electrons. The van der Waals surface area contributed by atoms with Crippen LogP contribution in [0, 0.1) is 6.92 Å². The van der Waals surface area contributed by atoms with E-state index in [0.29, 0.717) is 11.5 Å². The minimum Gasteiger partial charge on any atom is -0.465 e. The van der Waals surface area contributed by atoms with Crippen molar-refractivity contribution in [3.63, 3.8) is 0 Å². The van der Waals surface area contributed by atoms with Crippen molar-refractivity contribution < 1.29 is 9.53 Å². The van der Waals surface area contributed by atoms with Gasteiger partial charge in [-0.25, -0.2) is 4.79 Å². The third-order valence-corrected chi connectivity index (χ3v) is 2.32. The van der Waals surface area contributed by atoms with Crippen LogP contribution in [0.25, 0.3) is 0 Å². The Hall–Kier alpha value is -1.31. The Morgan fingerprint density at radius 1 is 1.36 bits per heavy atom. The predicted molar refractivity (Wildman–Crippen MR) is 56.6 cm³/mol. The minimum atomic E-state index is -0.266. The Kier molecular flexibility index (Phi) is 3.28. The molecule has 0 N–H and O–H groups in total. The number of benzene rings is 1. The molecule has 0 saturated heterocycles. The van der Waals surface area contributed by atoms with Gasteiger partial charge in [0.25, 0.3) is 0 Å². The van der Waals surface area contributed by atoms with E-state index in [2.05, 4.69) is 18.6 Å². The SMILES string of the molecule is COC(=O)c1ccc(C(C)C)cc1C. The molecule has 2 heteroatoms. The molecule has 0 aliphatic heterocycles. The van der Waals surface area contributed by atoms with Gasteiger partial charge in [-0.2, -0.15) is 0 Å². The first-order valence-electron chi connectivity index (χ1n) is 4.75. The average molecular weight is 192 g/mol. The largest absolute Gasteiger partial charge is 0.465 e. The molecule has 0 amide bonds. The molecule has 0 heterocycles. The molecule has 2 nitrogen and oxygen atoms in total. The quantitative estimate of drug-likeness (QED) is 0.673. The standard InChI is InChI=1S/C12H16O2/c1-8(2)10-5-6-11(9(3)7-10)12(13)14-4/h5-8H,1-4H3. The normalized spacial score (nSPS) is 10.4. The molecule has 1 aromatic rings. The topological polar surface area (TPSA) is 26.3 Å². The molecule has 0 atom stereocenters. The predicted octanol–water partition coefficient (Wildman–Crippen LogP) is 2.91. The summed E-state index contributed by atoms with van der Waals surface area (Å²) in [5.41, 5.74) is 2.87. The van der Waals surface area contributed by atoms with Gasteiger partial charge in [-0.1, -0.05) is 26.0 Å². The van der Waals surface area contributed by atoms with Crippen molar-refractivity contribution in [2.45, 2.75) is 26.7 Å². The van der Waals surface area contributed by atoms with Crippen molar-refractivity contribution in [2.75, 3.05) is 7.11 Å². The van der Waals surface area contributed by atoms with Gasteiger partial charge in [0, 0.05) is 0 Å². The first-order valence-corrected chi connectivity index (χ1v) is 4.75. The van der Waals surface area contributed by atoms with Crippen molar-refractivity contribution in [2.24, 2.45) is 0 Å². The first kappa shape index (κ1) is 10.8. The molecule has 0 fully saturated rings. The van der Waals surface area contributed by atoms with E-state index in [1.807, 2.05) is 25.1 Å². The van der Waals surface area contributed by atoms with Gasteiger partial charge in [-0.05, 0) is 30.0 Å². The Morgan fingerprint density at radius 3 is 2.43 bits per heavy atom. The number of carbonyl (C=O) groups is 1. The summed E-state index contributed by atoms with van der Waals surface area (Å²) in [4.78, 5) is 11.3. The maximum absolute atomic E-state index is 11.3. The fraction of sp³-hybridized carbons (Fsp3) is 0.417. The second kappa shape index (κ2) is 4.27. The van der Waals surface area contributed by atoms with Crippen LogP contribution in [0.2, 0.25) is 0 Å². The summed E-state index contributed by atoms with van der Waals surface area (Å²) in [6.07, 6.45) is 0. The summed E-state index contributed by atoms with van der Waals surface area (Å²) in [5.74, 6) is 0.221. The Labute approximate surface area is 84.9 Å². The van der Waals surface area contributed by atoms with E-state index in [9.17, 15) is 4.79 Å². The van der Waals surface area contributed by atoms with Crippen LogP contribution in [0.5, 0.6) is 0 Å². The Bertz CT molecular complexity index is 340. The van der Waals surface area contributed by atoms with Crippen LogP contribution in [0.1, 0.15) is 41.3 Å². The van der Waals surface area contributed by atoms with Crippen molar-refractivity contribution in [3.8, 4) is 0 Å². The van der Waals surface area contributed by atoms with Crippen LogP contribution in [0.3, 0.4) is 0 Å². The van der Waals surface area contributed by atoms with Gasteiger partial charge in [-0.3, -0.25) is 0 Å². The van der Waals surface area contributed by atoms with Crippen molar-refractivity contribution in [3.05, 3.63) is 34.9 Å². The summed E-state index contributed by atoms with van der Waals surface area (Å²) >= 11 is 0. The lowest BCUT2D eigenvalue weighted by Gasteiger charge is -2.09. The van der Waals surface area contributed by atoms with Crippen LogP contribution in [0.4, 0.5) is 0 Å². The summed E-state index contributed by atoms with van der Waals surface area (Å²) in [6, 6.07) is 5.84. The molecule has 0 aromatic heterocycles. The van der Waals surface area contributed by atoms with Crippen molar-refractivity contribution in [1.29, 1.82) is 0 Å². The number of rotatable bonds is 2. The highest BCUT2D eigenvalue weighted by atomic mass is 16.5. The maximum atomic E-state index is 11.3. The highest BCUT2D eigenvalue weighted by Crippen LogP contribution is 2.18. The van der Waals surface area contributed by atoms with E-state index < -0.39 is 0 Å². The summed E-state index contributed by atoms with van der Waals surface area (Å²) in [5, 5.41) is 0. The number of aryl methyl sites for hydroxylation is 1. The molecule has 0 bridgehead atoms. The van der Waals surface area contributed by atoms with Gasteiger partial charge in [0.1, 0.15) is 0 Å². The highest BCUT2D eigenvalue weighted by molar-refractivity contribution is 5.90. The maximum Gasteiger partial charge on any atom is 0.338 e. The lowest BCUT2D eigenvalue weighted by Crippen LogP contribution is -2.04. The van der Waals surface area contributed by atoms with Gasteiger partial charge < -0.3 is 4.74 Å². The number of esters is 1. The second-order valence-electron chi connectivity index (χ2n) is 3.72. The number of ether oxygens (including phenoxy) is 1. The fourth-order valence-corrected chi connectivity index (χ4v) is 1.38. The molecular weight excluding hydrogens is 176 g/mol. The molecule has 76 valence electrons. The molecule has 0 unspecified atom stereocenters. The number of methoxy groups -OCH3 is 1. The van der Waals surface area contributed by atoms with E-state index in [1.165, 1.54) is 12.7 Å². The van der Waals surface area contributed by atoms with Crippen molar-refractivity contribution >= 4 is 5.97 Å². The summed E-state index contributed by atoms with van der Waals surface area (Å²) in [6.45, 7) is 6.19. The summed E-state index contributed by atoms with van der Waals surface area (Å²) in [7, 11) is 1.40. The third-order valence-electron chi connectivity index (χ3n) is 2.32. The smallest absolute Gasteiger partial charge is 0.338 e. The zero-order valence-corrected chi connectivity index (χ0v) is 9.13. The summed E-state index contributed by atoms with van der Waals surface area (Å²) < 4.78 is 4.68. The van der Waals surface area contributed by atoms with E-state index in [0.717, 1.165) is 5.56 Å². The molecule has 1 aromatic carbocycles. The monoisotopic (exact) mass is 192 g/mol. The number of hydrogen-bond donors (Lipinski definition) is 0. The van der Waals surface area contributed by atoms with Gasteiger partial charge >= 0.3 is 5.97 Å². The Morgan fingerprint density at radius 2 is 2.00 bits per heavy atom. The average Bonchev–Trinajstić information content (AvgIpc) is 2.16. The van der Waals surface area contributed by atoms with Crippen LogP contribution < -0.4 is 0 Å². The van der Waals surface area contributed by atoms with Crippen LogP contribution in [0.15, 0.2) is 18.2 Å². The number of hydrogen-bond acceptors (Lipinski definition) is 2. The minimum absolute atomic E-state index is 0.266. The van der Waals surface area contributed by atoms with E-state index >= 15 is 0 Å². The van der Waals surface area contributed by atoms with Crippen LogP contribution in [-0.2, 0) is 4.74 Å². The molecule has 0 saturated carbocycles.